The van der Waals surface area contributed by atoms with E-state index >= 15 is 0 Å². The van der Waals surface area contributed by atoms with Crippen molar-refractivity contribution in [2.24, 2.45) is 0 Å². The molecule has 108 valence electrons. The molecule has 0 amide bonds. The summed E-state index contributed by atoms with van der Waals surface area (Å²) in [5.74, 6) is 0.194. The molecule has 0 atom stereocenters. The molecule has 2 aliphatic rings. The molecule has 0 heterocycles. The Bertz CT molecular complexity index is 808. The van der Waals surface area contributed by atoms with Gasteiger partial charge in [-0.05, 0) is 54.0 Å². The van der Waals surface area contributed by atoms with Crippen LogP contribution >= 0.6 is 0 Å². The molecule has 0 aromatic heterocycles. The highest BCUT2D eigenvalue weighted by molar-refractivity contribution is 6.13. The molecule has 0 N–H and O–H groups in total. The van der Waals surface area contributed by atoms with Gasteiger partial charge in [-0.15, -0.1) is 0 Å². The van der Waals surface area contributed by atoms with Crippen molar-refractivity contribution in [3.8, 4) is 0 Å². The summed E-state index contributed by atoms with van der Waals surface area (Å²) in [4.78, 5) is 12.7. The minimum atomic E-state index is 0.194. The summed E-state index contributed by atoms with van der Waals surface area (Å²) < 4.78 is 0. The highest BCUT2D eigenvalue weighted by Gasteiger charge is 2.21. The van der Waals surface area contributed by atoms with Crippen LogP contribution in [-0.2, 0) is 12.8 Å². The fourth-order valence-corrected chi connectivity index (χ4v) is 3.46. The zero-order valence-corrected chi connectivity index (χ0v) is 12.5. The number of Topliss-reactive ketones (excluding diaryl/α,β-unsaturated/α-hetero) is 1. The largest absolute Gasteiger partial charge is 0.289 e. The predicted octanol–water partition coefficient (Wildman–Crippen LogP) is 4.86. The lowest BCUT2D eigenvalue weighted by Crippen LogP contribution is -2.14. The van der Waals surface area contributed by atoms with Crippen LogP contribution in [0.25, 0.3) is 12.2 Å². The molecule has 2 aliphatic carbocycles. The second kappa shape index (κ2) is 5.42. The van der Waals surface area contributed by atoms with E-state index in [0.717, 1.165) is 36.8 Å². The van der Waals surface area contributed by atoms with Crippen molar-refractivity contribution in [2.45, 2.75) is 25.7 Å². The summed E-state index contributed by atoms with van der Waals surface area (Å²) in [6.07, 6.45) is 10.5. The van der Waals surface area contributed by atoms with Gasteiger partial charge in [0.2, 0.25) is 0 Å². The first kappa shape index (κ1) is 13.3. The van der Waals surface area contributed by atoms with Crippen molar-refractivity contribution in [1.29, 1.82) is 0 Å². The number of hydrogen-bond acceptors (Lipinski definition) is 1. The SMILES string of the molecule is O=C1/C(=C/c2cccc3c2C=CCC3)CCc2ccccc21. The predicted molar refractivity (Wildman–Crippen MR) is 90.9 cm³/mol. The zero-order valence-electron chi connectivity index (χ0n) is 12.5. The maximum absolute atomic E-state index is 12.7. The van der Waals surface area contributed by atoms with Gasteiger partial charge in [-0.2, -0.15) is 0 Å². The molecule has 0 bridgehead atoms. The third-order valence-corrected chi connectivity index (χ3v) is 4.64. The molecule has 0 fully saturated rings. The second-order valence-electron chi connectivity index (χ2n) is 6.02. The zero-order chi connectivity index (χ0) is 14.9. The van der Waals surface area contributed by atoms with E-state index in [1.807, 2.05) is 18.2 Å². The molecular weight excluding hydrogens is 268 g/mol. The van der Waals surface area contributed by atoms with Crippen LogP contribution in [0.3, 0.4) is 0 Å². The van der Waals surface area contributed by atoms with E-state index in [2.05, 4.69) is 42.5 Å². The van der Waals surface area contributed by atoms with Crippen LogP contribution in [0, 0.1) is 0 Å². The molecule has 4 rings (SSSR count). The maximum atomic E-state index is 12.7. The van der Waals surface area contributed by atoms with Gasteiger partial charge >= 0.3 is 0 Å². The number of carbonyl (C=O) groups excluding carboxylic acids is 1. The Morgan fingerprint density at radius 1 is 0.864 bits per heavy atom. The van der Waals surface area contributed by atoms with Crippen molar-refractivity contribution < 1.29 is 4.79 Å². The van der Waals surface area contributed by atoms with Gasteiger partial charge < -0.3 is 0 Å². The van der Waals surface area contributed by atoms with Gasteiger partial charge in [0.05, 0.1) is 0 Å². The summed E-state index contributed by atoms with van der Waals surface area (Å²) >= 11 is 0. The van der Waals surface area contributed by atoms with E-state index in [4.69, 9.17) is 0 Å². The van der Waals surface area contributed by atoms with Crippen molar-refractivity contribution in [3.63, 3.8) is 0 Å². The third kappa shape index (κ3) is 2.23. The lowest BCUT2D eigenvalue weighted by molar-refractivity contribution is 0.102. The third-order valence-electron chi connectivity index (χ3n) is 4.64. The van der Waals surface area contributed by atoms with E-state index in [1.54, 1.807) is 0 Å². The Morgan fingerprint density at radius 3 is 2.68 bits per heavy atom. The Labute approximate surface area is 131 Å². The van der Waals surface area contributed by atoms with Crippen molar-refractivity contribution in [2.75, 3.05) is 0 Å². The fraction of sp³-hybridized carbons (Fsp3) is 0.190. The highest BCUT2D eigenvalue weighted by atomic mass is 16.1. The number of allylic oxidation sites excluding steroid dienone is 2. The summed E-state index contributed by atoms with van der Waals surface area (Å²) in [6.45, 7) is 0. The monoisotopic (exact) mass is 286 g/mol. The van der Waals surface area contributed by atoms with E-state index in [9.17, 15) is 4.79 Å². The van der Waals surface area contributed by atoms with Crippen molar-refractivity contribution in [3.05, 3.63) is 81.9 Å². The lowest BCUT2D eigenvalue weighted by atomic mass is 9.85. The van der Waals surface area contributed by atoms with Crippen LogP contribution < -0.4 is 0 Å². The smallest absolute Gasteiger partial charge is 0.189 e. The molecule has 0 saturated carbocycles. The average Bonchev–Trinajstić information content (AvgIpc) is 2.58. The van der Waals surface area contributed by atoms with Gasteiger partial charge in [-0.25, -0.2) is 0 Å². The standard InChI is InChI=1S/C21H18O/c22-21-18(13-12-16-7-2-4-11-20(16)21)14-17-9-5-8-15-6-1-3-10-19(15)17/h2-5,7-11,14H,1,6,12-13H2/b18-14+. The average molecular weight is 286 g/mol. The highest BCUT2D eigenvalue weighted by Crippen LogP contribution is 2.29. The minimum absolute atomic E-state index is 0.194. The maximum Gasteiger partial charge on any atom is 0.189 e. The van der Waals surface area contributed by atoms with Gasteiger partial charge in [0, 0.05) is 11.1 Å². The number of aryl methyl sites for hydroxylation is 2. The van der Waals surface area contributed by atoms with E-state index < -0.39 is 0 Å². The summed E-state index contributed by atoms with van der Waals surface area (Å²) in [6, 6.07) is 14.4. The number of rotatable bonds is 1. The Hall–Kier alpha value is -2.41. The number of carbonyl (C=O) groups is 1. The number of hydrogen-bond donors (Lipinski definition) is 0. The van der Waals surface area contributed by atoms with Gasteiger partial charge in [0.1, 0.15) is 0 Å². The van der Waals surface area contributed by atoms with Gasteiger partial charge in [0.15, 0.2) is 5.78 Å². The molecule has 0 aliphatic heterocycles. The molecule has 0 spiro atoms. The second-order valence-corrected chi connectivity index (χ2v) is 6.02. The number of benzene rings is 2. The fourth-order valence-electron chi connectivity index (χ4n) is 3.46. The first-order chi connectivity index (χ1) is 10.8. The molecule has 22 heavy (non-hydrogen) atoms. The quantitative estimate of drug-likeness (QED) is 0.684. The molecule has 0 saturated heterocycles. The van der Waals surface area contributed by atoms with Gasteiger partial charge in [0.25, 0.3) is 0 Å². The summed E-state index contributed by atoms with van der Waals surface area (Å²) in [7, 11) is 0. The van der Waals surface area contributed by atoms with E-state index in [0.29, 0.717) is 0 Å². The molecule has 1 heteroatoms. The lowest BCUT2D eigenvalue weighted by Gasteiger charge is -2.18. The topological polar surface area (TPSA) is 17.1 Å². The summed E-state index contributed by atoms with van der Waals surface area (Å²) in [5, 5.41) is 0. The van der Waals surface area contributed by atoms with Crippen LogP contribution in [0.1, 0.15) is 45.5 Å². The number of fused-ring (bicyclic) bond motifs is 2. The minimum Gasteiger partial charge on any atom is -0.289 e. The normalized spacial score (nSPS) is 18.2. The number of ketones is 1. The van der Waals surface area contributed by atoms with Crippen molar-refractivity contribution >= 4 is 17.9 Å². The molecule has 2 aromatic carbocycles. The van der Waals surface area contributed by atoms with Crippen LogP contribution in [0.5, 0.6) is 0 Å². The Kier molecular flexibility index (Phi) is 3.27. The van der Waals surface area contributed by atoms with E-state index in [1.165, 1.54) is 22.3 Å². The Balaban J connectivity index is 1.77. The summed E-state index contributed by atoms with van der Waals surface area (Å²) in [5.41, 5.74) is 6.84. The van der Waals surface area contributed by atoms with Gasteiger partial charge in [-0.1, -0.05) is 54.6 Å². The first-order valence-corrected chi connectivity index (χ1v) is 7.94. The van der Waals surface area contributed by atoms with Gasteiger partial charge in [-0.3, -0.25) is 4.79 Å². The van der Waals surface area contributed by atoms with Crippen LogP contribution in [0.15, 0.2) is 54.1 Å². The van der Waals surface area contributed by atoms with Crippen LogP contribution in [0.2, 0.25) is 0 Å². The molecule has 0 radical (unpaired) electrons. The molecule has 2 aromatic rings. The molecule has 0 unspecified atom stereocenters. The first-order valence-electron chi connectivity index (χ1n) is 7.94. The van der Waals surface area contributed by atoms with E-state index in [-0.39, 0.29) is 5.78 Å². The van der Waals surface area contributed by atoms with Crippen LogP contribution in [0.4, 0.5) is 0 Å². The Morgan fingerprint density at radius 2 is 1.73 bits per heavy atom. The molecule has 1 nitrogen and oxygen atoms in total. The molecular formula is C21H18O. The van der Waals surface area contributed by atoms with Crippen LogP contribution in [-0.4, -0.2) is 5.78 Å². The van der Waals surface area contributed by atoms with Crippen molar-refractivity contribution in [1.82, 2.24) is 0 Å².